The first-order valence-corrected chi connectivity index (χ1v) is 7.24. The van der Waals surface area contributed by atoms with E-state index in [1.54, 1.807) is 0 Å². The molecule has 7 heteroatoms. The lowest BCUT2D eigenvalue weighted by atomic mass is 9.87. The first-order chi connectivity index (χ1) is 10.5. The van der Waals surface area contributed by atoms with Crippen LogP contribution in [0, 0.1) is 11.6 Å². The van der Waals surface area contributed by atoms with Crippen LogP contribution in [-0.4, -0.2) is 30.2 Å². The van der Waals surface area contributed by atoms with Crippen molar-refractivity contribution >= 4 is 6.03 Å². The molecule has 1 aromatic rings. The second kappa shape index (κ2) is 5.82. The molecule has 0 spiro atoms. The second-order valence-electron chi connectivity index (χ2n) is 5.61. The highest BCUT2D eigenvalue weighted by Crippen LogP contribution is 2.29. The van der Waals surface area contributed by atoms with Crippen LogP contribution in [0.3, 0.4) is 0 Å². The molecule has 4 N–H and O–H groups in total. The Balaban J connectivity index is 1.74. The fourth-order valence-corrected chi connectivity index (χ4v) is 3.19. The van der Waals surface area contributed by atoms with Gasteiger partial charge in [0.25, 0.3) is 0 Å². The number of nitrogens with two attached hydrogens (primary N) is 1. The van der Waals surface area contributed by atoms with E-state index in [4.69, 9.17) is 5.73 Å². The number of halogens is 2. The topological polar surface area (TPSA) is 70.4 Å². The van der Waals surface area contributed by atoms with Crippen LogP contribution in [-0.2, 0) is 12.8 Å². The van der Waals surface area contributed by atoms with Crippen molar-refractivity contribution in [3.05, 3.63) is 46.8 Å². The Kier molecular flexibility index (Phi) is 3.87. The molecule has 2 aliphatic rings. The van der Waals surface area contributed by atoms with Crippen molar-refractivity contribution in [2.24, 2.45) is 5.73 Å². The van der Waals surface area contributed by atoms with Crippen LogP contribution >= 0.6 is 0 Å². The van der Waals surface area contributed by atoms with Crippen molar-refractivity contribution in [3.8, 4) is 0 Å². The zero-order valence-corrected chi connectivity index (χ0v) is 12.0. The summed E-state index contributed by atoms with van der Waals surface area (Å²) in [5.41, 5.74) is 7.35. The van der Waals surface area contributed by atoms with Gasteiger partial charge in [0.1, 0.15) is 11.6 Å². The monoisotopic (exact) mass is 308 g/mol. The lowest BCUT2D eigenvalue weighted by molar-refractivity contribution is 0.231. The maximum atomic E-state index is 13.8. The SMILES string of the molecule is NC(=O)NCC1=CNCN1[C@H]1CCc2c(F)cc(F)cc2C1. The number of urea groups is 1. The molecule has 1 heterocycles. The lowest BCUT2D eigenvalue weighted by Gasteiger charge is -2.35. The molecule has 1 aliphatic heterocycles. The highest BCUT2D eigenvalue weighted by Gasteiger charge is 2.29. The number of nitrogens with one attached hydrogen (secondary N) is 2. The van der Waals surface area contributed by atoms with Crippen LogP contribution < -0.4 is 16.4 Å². The molecule has 22 heavy (non-hydrogen) atoms. The van der Waals surface area contributed by atoms with Gasteiger partial charge in [-0.25, -0.2) is 13.6 Å². The molecule has 1 aliphatic carbocycles. The van der Waals surface area contributed by atoms with Crippen molar-refractivity contribution in [2.45, 2.75) is 25.3 Å². The Morgan fingerprint density at radius 1 is 1.45 bits per heavy atom. The summed E-state index contributed by atoms with van der Waals surface area (Å²) in [4.78, 5) is 13.0. The zero-order valence-electron chi connectivity index (χ0n) is 12.0. The second-order valence-corrected chi connectivity index (χ2v) is 5.61. The van der Waals surface area contributed by atoms with Crippen LogP contribution in [0.2, 0.25) is 0 Å². The largest absolute Gasteiger partial charge is 0.372 e. The van der Waals surface area contributed by atoms with Crippen molar-refractivity contribution < 1.29 is 13.6 Å². The Morgan fingerprint density at radius 2 is 2.27 bits per heavy atom. The quantitative estimate of drug-likeness (QED) is 0.786. The predicted molar refractivity (Wildman–Crippen MR) is 77.7 cm³/mol. The summed E-state index contributed by atoms with van der Waals surface area (Å²) in [6.45, 7) is 0.955. The number of carbonyl (C=O) groups excluding carboxylic acids is 1. The minimum absolute atomic E-state index is 0.143. The molecule has 0 bridgehead atoms. The van der Waals surface area contributed by atoms with Gasteiger partial charge >= 0.3 is 6.03 Å². The zero-order chi connectivity index (χ0) is 15.7. The number of amides is 2. The first kappa shape index (κ1) is 14.6. The minimum atomic E-state index is -0.578. The highest BCUT2D eigenvalue weighted by molar-refractivity contribution is 5.71. The van der Waals surface area contributed by atoms with E-state index in [2.05, 4.69) is 15.5 Å². The van der Waals surface area contributed by atoms with Gasteiger partial charge in [0.2, 0.25) is 0 Å². The Morgan fingerprint density at radius 3 is 3.05 bits per heavy atom. The average molecular weight is 308 g/mol. The Hall–Kier alpha value is -2.31. The number of benzene rings is 1. The number of primary amides is 1. The van der Waals surface area contributed by atoms with Crippen LogP contribution in [0.5, 0.6) is 0 Å². The van der Waals surface area contributed by atoms with Crippen LogP contribution in [0.1, 0.15) is 17.5 Å². The molecule has 0 radical (unpaired) electrons. The molecule has 0 unspecified atom stereocenters. The maximum absolute atomic E-state index is 13.8. The predicted octanol–water partition coefficient (Wildman–Crippen LogP) is 1.19. The lowest BCUT2D eigenvalue weighted by Crippen LogP contribution is -2.42. The van der Waals surface area contributed by atoms with E-state index in [1.165, 1.54) is 6.07 Å². The summed E-state index contributed by atoms with van der Waals surface area (Å²) in [5, 5.41) is 5.68. The standard InChI is InChI=1S/C15H18F2N4O/c16-10-3-9-4-11(1-2-13(9)14(17)5-10)21-8-19-6-12(21)7-20-15(18)22/h3,5-6,11,19H,1-2,4,7-8H2,(H3,18,20,22)/t11-/m0/s1. The van der Waals surface area contributed by atoms with Crippen molar-refractivity contribution in [1.29, 1.82) is 0 Å². The summed E-state index contributed by atoms with van der Waals surface area (Å²) in [6, 6.07) is 1.92. The summed E-state index contributed by atoms with van der Waals surface area (Å²) in [7, 11) is 0. The number of hydrogen-bond donors (Lipinski definition) is 3. The van der Waals surface area contributed by atoms with Gasteiger partial charge in [-0.05, 0) is 36.5 Å². The van der Waals surface area contributed by atoms with E-state index in [-0.39, 0.29) is 6.04 Å². The Labute approximate surface area is 127 Å². The summed E-state index contributed by atoms with van der Waals surface area (Å²) < 4.78 is 27.2. The van der Waals surface area contributed by atoms with Gasteiger partial charge in [0, 0.05) is 18.3 Å². The molecule has 0 fully saturated rings. The molecule has 1 atom stereocenters. The third kappa shape index (κ3) is 2.84. The van der Waals surface area contributed by atoms with E-state index < -0.39 is 17.7 Å². The van der Waals surface area contributed by atoms with E-state index in [0.717, 1.165) is 23.7 Å². The maximum Gasteiger partial charge on any atom is 0.312 e. The van der Waals surface area contributed by atoms with Crippen LogP contribution in [0.4, 0.5) is 13.6 Å². The third-order valence-corrected chi connectivity index (χ3v) is 4.22. The summed E-state index contributed by atoms with van der Waals surface area (Å²) in [5.74, 6) is -0.998. The van der Waals surface area contributed by atoms with Gasteiger partial charge in [-0.15, -0.1) is 0 Å². The molecule has 5 nitrogen and oxygen atoms in total. The van der Waals surface area contributed by atoms with E-state index in [1.807, 2.05) is 6.20 Å². The van der Waals surface area contributed by atoms with Gasteiger partial charge < -0.3 is 21.3 Å². The van der Waals surface area contributed by atoms with Gasteiger partial charge in [0.15, 0.2) is 0 Å². The average Bonchev–Trinajstić information content (AvgIpc) is 2.92. The van der Waals surface area contributed by atoms with Crippen molar-refractivity contribution in [2.75, 3.05) is 13.2 Å². The van der Waals surface area contributed by atoms with Crippen molar-refractivity contribution in [3.63, 3.8) is 0 Å². The molecule has 2 amide bonds. The molecule has 118 valence electrons. The number of carbonyl (C=O) groups is 1. The number of rotatable bonds is 3. The summed E-state index contributed by atoms with van der Waals surface area (Å²) in [6.07, 6.45) is 3.78. The number of nitrogens with zero attached hydrogens (tertiary/aromatic N) is 1. The first-order valence-electron chi connectivity index (χ1n) is 7.24. The number of hydrogen-bond acceptors (Lipinski definition) is 3. The van der Waals surface area contributed by atoms with Crippen LogP contribution in [0.15, 0.2) is 24.0 Å². The molecule has 3 rings (SSSR count). The van der Waals surface area contributed by atoms with Gasteiger partial charge in [-0.1, -0.05) is 0 Å². The molecule has 0 saturated carbocycles. The third-order valence-electron chi connectivity index (χ3n) is 4.22. The van der Waals surface area contributed by atoms with Gasteiger partial charge in [-0.3, -0.25) is 0 Å². The molecule has 0 saturated heterocycles. The van der Waals surface area contributed by atoms with E-state index in [0.29, 0.717) is 31.6 Å². The molecule has 0 aromatic heterocycles. The smallest absolute Gasteiger partial charge is 0.312 e. The fourth-order valence-electron chi connectivity index (χ4n) is 3.19. The van der Waals surface area contributed by atoms with E-state index in [9.17, 15) is 13.6 Å². The van der Waals surface area contributed by atoms with Crippen molar-refractivity contribution in [1.82, 2.24) is 15.5 Å². The molecular weight excluding hydrogens is 290 g/mol. The van der Waals surface area contributed by atoms with Crippen LogP contribution in [0.25, 0.3) is 0 Å². The minimum Gasteiger partial charge on any atom is -0.372 e. The Bertz CT molecular complexity index is 632. The van der Waals surface area contributed by atoms with Gasteiger partial charge in [-0.2, -0.15) is 0 Å². The molecule has 1 aromatic carbocycles. The summed E-state index contributed by atoms with van der Waals surface area (Å²) >= 11 is 0. The fraction of sp³-hybridized carbons (Fsp3) is 0.400. The number of fused-ring (bicyclic) bond motifs is 1. The molecular formula is C15H18F2N4O. The van der Waals surface area contributed by atoms with E-state index >= 15 is 0 Å². The normalized spacial score (nSPS) is 20.2. The highest BCUT2D eigenvalue weighted by atomic mass is 19.1. The van der Waals surface area contributed by atoms with Gasteiger partial charge in [0.05, 0.1) is 18.9 Å².